The van der Waals surface area contributed by atoms with Crippen LogP contribution in [0.5, 0.6) is 0 Å². The number of fused-ring (bicyclic) bond motifs is 1. The summed E-state index contributed by atoms with van der Waals surface area (Å²) in [7, 11) is -3.51. The summed E-state index contributed by atoms with van der Waals surface area (Å²) in [6.45, 7) is 0.944. The van der Waals surface area contributed by atoms with Gasteiger partial charge in [0.05, 0.1) is 23.3 Å². The van der Waals surface area contributed by atoms with Crippen LogP contribution in [0.3, 0.4) is 0 Å². The Morgan fingerprint density at radius 3 is 2.50 bits per heavy atom. The number of carbonyl (C=O) groups excluding carboxylic acids is 5. The fourth-order valence-electron chi connectivity index (χ4n) is 3.46. The summed E-state index contributed by atoms with van der Waals surface area (Å²) in [6, 6.07) is 2.89. The lowest BCUT2D eigenvalue weighted by atomic mass is 10.0. The van der Waals surface area contributed by atoms with Crippen LogP contribution in [0.1, 0.15) is 40.0 Å². The Hall–Kier alpha value is -3.16. The largest absolute Gasteiger partial charge is 0.384 e. The molecule has 1 aromatic rings. The molecule has 1 aromatic carbocycles. The van der Waals surface area contributed by atoms with Gasteiger partial charge >= 0.3 is 0 Å². The van der Waals surface area contributed by atoms with E-state index in [0.29, 0.717) is 30.2 Å². The number of Topliss-reactive ketones (excluding diaryl/α,β-unsaturated/α-hetero) is 1. The third kappa shape index (κ3) is 5.18. The molecule has 12 nitrogen and oxygen atoms in total. The average molecular weight is 466 g/mol. The number of primary sulfonamides is 1. The standard InChI is InChI=1S/C19H22N4O8S/c20-32(29,30)9-3-8-31-7-2-6-21-12-5-1-4-11-15(12)19(28)23(18(11)27)16-13(24)10-14(25)22-17(16)26/h1,4-5,16,21H,2-3,6-10H2,(H2,20,29,30)(H,22,25,26). The van der Waals surface area contributed by atoms with E-state index in [4.69, 9.17) is 9.88 Å². The molecule has 0 saturated carbocycles. The predicted octanol–water partition coefficient (Wildman–Crippen LogP) is -1.24. The minimum Gasteiger partial charge on any atom is -0.384 e. The first kappa shape index (κ1) is 23.5. The fourth-order valence-corrected chi connectivity index (χ4v) is 3.98. The van der Waals surface area contributed by atoms with Gasteiger partial charge in [-0.05, 0) is 25.0 Å². The van der Waals surface area contributed by atoms with Crippen molar-refractivity contribution in [2.24, 2.45) is 5.14 Å². The van der Waals surface area contributed by atoms with Gasteiger partial charge in [0.25, 0.3) is 17.7 Å². The molecule has 1 fully saturated rings. The van der Waals surface area contributed by atoms with Gasteiger partial charge in [-0.3, -0.25) is 34.2 Å². The number of nitrogens with two attached hydrogens (primary N) is 1. The lowest BCUT2D eigenvalue weighted by Gasteiger charge is -2.26. The van der Waals surface area contributed by atoms with Crippen molar-refractivity contribution in [2.45, 2.75) is 25.3 Å². The first-order chi connectivity index (χ1) is 15.1. The summed E-state index contributed by atoms with van der Waals surface area (Å²) < 4.78 is 27.0. The topological polar surface area (TPSA) is 182 Å². The first-order valence-electron chi connectivity index (χ1n) is 9.79. The third-order valence-electron chi connectivity index (χ3n) is 4.85. The number of nitrogens with zero attached hydrogens (tertiary/aromatic N) is 1. The van der Waals surface area contributed by atoms with E-state index < -0.39 is 51.9 Å². The molecule has 2 heterocycles. The summed E-state index contributed by atoms with van der Waals surface area (Å²) >= 11 is 0. The minimum atomic E-state index is -3.51. The van der Waals surface area contributed by atoms with E-state index in [0.717, 1.165) is 0 Å². The highest BCUT2D eigenvalue weighted by molar-refractivity contribution is 7.89. The number of imide groups is 2. The van der Waals surface area contributed by atoms with Gasteiger partial charge in [0.1, 0.15) is 0 Å². The summed E-state index contributed by atoms with van der Waals surface area (Å²) in [5.74, 6) is -4.34. The van der Waals surface area contributed by atoms with E-state index in [9.17, 15) is 32.4 Å². The van der Waals surface area contributed by atoms with E-state index in [1.807, 2.05) is 5.32 Å². The SMILES string of the molecule is NS(=O)(=O)CCCOCCCNc1cccc2c1C(=O)N(C1C(=O)CC(=O)NC1=O)C2=O. The molecule has 0 spiro atoms. The van der Waals surface area contributed by atoms with Crippen molar-refractivity contribution >= 4 is 45.1 Å². The summed E-state index contributed by atoms with van der Waals surface area (Å²) in [4.78, 5) is 62.0. The van der Waals surface area contributed by atoms with Crippen molar-refractivity contribution in [1.29, 1.82) is 0 Å². The van der Waals surface area contributed by atoms with Crippen LogP contribution < -0.4 is 15.8 Å². The highest BCUT2D eigenvalue weighted by atomic mass is 32.2. The van der Waals surface area contributed by atoms with Gasteiger partial charge in [-0.25, -0.2) is 13.6 Å². The highest BCUT2D eigenvalue weighted by Gasteiger charge is 2.49. The molecular formula is C19H22N4O8S. The molecule has 4 amide bonds. The Morgan fingerprint density at radius 1 is 1.09 bits per heavy atom. The molecule has 0 aromatic heterocycles. The molecule has 13 heteroatoms. The Labute approximate surface area is 183 Å². The van der Waals surface area contributed by atoms with Crippen LogP contribution in [0.15, 0.2) is 18.2 Å². The highest BCUT2D eigenvalue weighted by Crippen LogP contribution is 2.31. The number of benzene rings is 1. The van der Waals surface area contributed by atoms with Crippen LogP contribution in [-0.2, 0) is 29.1 Å². The molecule has 0 radical (unpaired) electrons. The number of ether oxygens (including phenoxy) is 1. The second kappa shape index (κ2) is 9.54. The molecule has 2 aliphatic rings. The Morgan fingerprint density at radius 2 is 1.81 bits per heavy atom. The molecule has 1 unspecified atom stereocenters. The average Bonchev–Trinajstić information content (AvgIpc) is 2.94. The van der Waals surface area contributed by atoms with Crippen LogP contribution in [0.2, 0.25) is 0 Å². The fraction of sp³-hybridized carbons (Fsp3) is 0.421. The molecule has 1 atom stereocenters. The summed E-state index contributed by atoms with van der Waals surface area (Å²) in [6.07, 6.45) is 0.215. The van der Waals surface area contributed by atoms with Crippen LogP contribution >= 0.6 is 0 Å². The number of carbonyl (C=O) groups is 5. The molecule has 0 aliphatic carbocycles. The molecule has 4 N–H and O–H groups in total. The van der Waals surface area contributed by atoms with Gasteiger partial charge in [-0.15, -0.1) is 0 Å². The van der Waals surface area contributed by atoms with Crippen LogP contribution in [0, 0.1) is 0 Å². The summed E-state index contributed by atoms with van der Waals surface area (Å²) in [5, 5.41) is 9.91. The first-order valence-corrected chi connectivity index (χ1v) is 11.5. The van der Waals surface area contributed by atoms with Crippen molar-refractivity contribution in [1.82, 2.24) is 10.2 Å². The maximum Gasteiger partial charge on any atom is 0.264 e. The van der Waals surface area contributed by atoms with E-state index >= 15 is 0 Å². The zero-order valence-electron chi connectivity index (χ0n) is 17.0. The van der Waals surface area contributed by atoms with E-state index in [1.54, 1.807) is 12.1 Å². The number of hydrogen-bond donors (Lipinski definition) is 3. The van der Waals surface area contributed by atoms with Gasteiger partial charge < -0.3 is 10.1 Å². The van der Waals surface area contributed by atoms with Gasteiger partial charge in [0.2, 0.25) is 15.9 Å². The Kier molecular flexibility index (Phi) is 7.01. The lowest BCUT2D eigenvalue weighted by Crippen LogP contribution is -2.59. The van der Waals surface area contributed by atoms with Crippen LogP contribution in [-0.4, -0.2) is 74.3 Å². The number of sulfonamides is 1. The van der Waals surface area contributed by atoms with Crippen LogP contribution in [0.4, 0.5) is 5.69 Å². The molecule has 3 rings (SSSR count). The zero-order chi connectivity index (χ0) is 23.5. The zero-order valence-corrected chi connectivity index (χ0v) is 17.8. The van der Waals surface area contributed by atoms with Gasteiger partial charge in [0.15, 0.2) is 11.8 Å². The lowest BCUT2D eigenvalue weighted by molar-refractivity contribution is -0.143. The van der Waals surface area contributed by atoms with Crippen molar-refractivity contribution in [2.75, 3.05) is 30.8 Å². The van der Waals surface area contributed by atoms with Gasteiger partial charge in [0, 0.05) is 25.4 Å². The predicted molar refractivity (Wildman–Crippen MR) is 110 cm³/mol. The second-order valence-electron chi connectivity index (χ2n) is 7.28. The number of piperidine rings is 1. The quantitative estimate of drug-likeness (QED) is 0.216. The Bertz CT molecular complexity index is 1060. The molecule has 172 valence electrons. The number of nitrogens with one attached hydrogen (secondary N) is 2. The molecule has 32 heavy (non-hydrogen) atoms. The van der Waals surface area contributed by atoms with Crippen molar-refractivity contribution < 1.29 is 37.1 Å². The normalized spacial score (nSPS) is 18.7. The van der Waals surface area contributed by atoms with Crippen molar-refractivity contribution in [3.05, 3.63) is 29.3 Å². The molecule has 1 saturated heterocycles. The number of anilines is 1. The number of ketones is 1. The van der Waals surface area contributed by atoms with Gasteiger partial charge in [-0.1, -0.05) is 6.07 Å². The minimum absolute atomic E-state index is 0.0454. The Balaban J connectivity index is 1.60. The number of amides is 4. The van der Waals surface area contributed by atoms with Crippen LogP contribution in [0.25, 0.3) is 0 Å². The molecule has 2 aliphatic heterocycles. The smallest absolute Gasteiger partial charge is 0.264 e. The molecule has 0 bridgehead atoms. The van der Waals surface area contributed by atoms with Gasteiger partial charge in [-0.2, -0.15) is 0 Å². The maximum absolute atomic E-state index is 13.0. The number of rotatable bonds is 10. The molecular weight excluding hydrogens is 444 g/mol. The second-order valence-corrected chi connectivity index (χ2v) is 9.01. The van der Waals surface area contributed by atoms with E-state index in [-0.39, 0.29) is 29.9 Å². The third-order valence-corrected chi connectivity index (χ3v) is 5.71. The monoisotopic (exact) mass is 466 g/mol. The maximum atomic E-state index is 13.0. The summed E-state index contributed by atoms with van der Waals surface area (Å²) in [5.41, 5.74) is 0.457. The van der Waals surface area contributed by atoms with Crippen molar-refractivity contribution in [3.8, 4) is 0 Å². The van der Waals surface area contributed by atoms with Crippen molar-refractivity contribution in [3.63, 3.8) is 0 Å². The van der Waals surface area contributed by atoms with E-state index in [1.165, 1.54) is 6.07 Å². The van der Waals surface area contributed by atoms with E-state index in [2.05, 4.69) is 5.32 Å². The number of hydrogen-bond acceptors (Lipinski definition) is 9.